The van der Waals surface area contributed by atoms with Crippen LogP contribution in [0.15, 0.2) is 38.5 Å². The van der Waals surface area contributed by atoms with Gasteiger partial charge in [-0.1, -0.05) is 16.4 Å². The van der Waals surface area contributed by atoms with Crippen LogP contribution in [0.4, 0.5) is 5.13 Å². The van der Waals surface area contributed by atoms with E-state index in [1.54, 1.807) is 0 Å². The van der Waals surface area contributed by atoms with Gasteiger partial charge in [0, 0.05) is 17.2 Å². The van der Waals surface area contributed by atoms with Crippen LogP contribution < -0.4 is 51.4 Å². The number of β-lactam (4-membered cyclic amide) rings is 1. The van der Waals surface area contributed by atoms with Gasteiger partial charge in [0.05, 0.1) is 11.7 Å². The van der Waals surface area contributed by atoms with Crippen LogP contribution in [0, 0.1) is 0 Å². The summed E-state index contributed by atoms with van der Waals surface area (Å²) in [7, 11) is 0. The molecule has 3 amide bonds. The molecule has 2 aliphatic rings. The van der Waals surface area contributed by atoms with Crippen molar-refractivity contribution in [1.82, 2.24) is 20.4 Å². The van der Waals surface area contributed by atoms with Crippen molar-refractivity contribution >= 4 is 63.7 Å². The predicted octanol–water partition coefficient (Wildman–Crippen LogP) is -4.89. The number of aromatic nitrogens is 2. The Kier molecular flexibility index (Phi) is 8.01. The van der Waals surface area contributed by atoms with E-state index in [0.717, 1.165) is 16.2 Å². The van der Waals surface area contributed by atoms with Crippen molar-refractivity contribution in [3.63, 3.8) is 0 Å². The number of carboxylic acid groups (broad SMARTS) is 1. The van der Waals surface area contributed by atoms with Crippen LogP contribution in [0.1, 0.15) is 21.9 Å². The van der Waals surface area contributed by atoms with E-state index >= 15 is 0 Å². The van der Waals surface area contributed by atoms with E-state index in [9.17, 15) is 29.5 Å². The number of oxime groups is 1. The van der Waals surface area contributed by atoms with Gasteiger partial charge in [-0.3, -0.25) is 19.3 Å². The molecule has 17 heteroatoms. The second-order valence-electron chi connectivity index (χ2n) is 6.85. The average Bonchev–Trinajstić information content (AvgIpc) is 3.45. The molecular formula is C18H14N7NaO7S2. The summed E-state index contributed by atoms with van der Waals surface area (Å²) in [4.78, 5) is 53.0. The third kappa shape index (κ3) is 5.10. The zero-order chi connectivity index (χ0) is 24.6. The van der Waals surface area contributed by atoms with Gasteiger partial charge >= 0.3 is 29.6 Å². The summed E-state index contributed by atoms with van der Waals surface area (Å²) in [6, 6.07) is 0.200. The van der Waals surface area contributed by atoms with Crippen molar-refractivity contribution in [2.24, 2.45) is 10.9 Å². The number of carbonyl (C=O) groups excluding carboxylic acids is 4. The first-order valence-corrected chi connectivity index (χ1v) is 11.2. The van der Waals surface area contributed by atoms with E-state index in [0.29, 0.717) is 0 Å². The number of thioether (sulfide) groups is 1. The number of carboxylic acids is 1. The fourth-order valence-corrected chi connectivity index (χ4v) is 5.11. The number of aliphatic carboxylic acids is 1. The molecular weight excluding hydrogens is 513 g/mol. The van der Waals surface area contributed by atoms with Gasteiger partial charge in [-0.05, 0) is 11.6 Å². The Hall–Kier alpha value is -3.18. The summed E-state index contributed by atoms with van der Waals surface area (Å²) >= 11 is 2.22. The third-order valence-corrected chi connectivity index (χ3v) is 6.76. The molecule has 2 aromatic rings. The Labute approximate surface area is 226 Å². The minimum absolute atomic E-state index is 0. The van der Waals surface area contributed by atoms with Crippen molar-refractivity contribution in [3.05, 3.63) is 45.9 Å². The van der Waals surface area contributed by atoms with Crippen LogP contribution >= 0.6 is 23.1 Å². The van der Waals surface area contributed by atoms with Crippen molar-refractivity contribution in [1.29, 1.82) is 0 Å². The summed E-state index contributed by atoms with van der Waals surface area (Å²) in [5, 5.41) is 30.7. The zero-order valence-electron chi connectivity index (χ0n) is 17.8. The number of carbonyl (C=O) groups is 4. The number of amides is 3. The number of hydrogen-bond acceptors (Lipinski definition) is 13. The van der Waals surface area contributed by atoms with E-state index < -0.39 is 40.8 Å². The third-order valence-electron chi connectivity index (χ3n) is 4.79. The molecule has 0 bridgehead atoms. The molecule has 2 atom stereocenters. The van der Waals surface area contributed by atoms with Crippen LogP contribution in [0.2, 0.25) is 0 Å². The van der Waals surface area contributed by atoms with E-state index in [1.165, 1.54) is 35.4 Å². The summed E-state index contributed by atoms with van der Waals surface area (Å²) in [5.41, 5.74) is 9.99. The molecule has 176 valence electrons. The Bertz CT molecular complexity index is 1300. The van der Waals surface area contributed by atoms with Gasteiger partial charge in [0.2, 0.25) is 0 Å². The summed E-state index contributed by atoms with van der Waals surface area (Å²) < 4.78 is 4.93. The second kappa shape index (κ2) is 10.6. The molecule has 2 aromatic heterocycles. The minimum Gasteiger partial charge on any atom is -0.543 e. The van der Waals surface area contributed by atoms with Crippen molar-refractivity contribution in [2.75, 3.05) is 11.5 Å². The molecule has 6 N–H and O–H groups in total. The molecule has 0 unspecified atom stereocenters. The van der Waals surface area contributed by atoms with Gasteiger partial charge in [-0.2, -0.15) is 0 Å². The minimum atomic E-state index is -1.59. The molecule has 0 aromatic carbocycles. The first-order valence-electron chi connectivity index (χ1n) is 9.29. The molecule has 4 rings (SSSR count). The second-order valence-corrected chi connectivity index (χ2v) is 8.85. The molecule has 4 heterocycles. The fraction of sp³-hybridized carbons (Fsp3) is 0.167. The number of nitrogens with two attached hydrogens (primary N) is 2. The number of nitrogens with zero attached hydrogens (tertiary/aromatic N) is 4. The molecule has 0 saturated carbocycles. The summed E-state index contributed by atoms with van der Waals surface area (Å²) in [6.45, 7) is 0. The molecule has 0 spiro atoms. The maximum Gasteiger partial charge on any atom is 1.00 e. The van der Waals surface area contributed by atoms with Crippen LogP contribution in [0.5, 0.6) is 0 Å². The van der Waals surface area contributed by atoms with Gasteiger partial charge in [0.1, 0.15) is 17.1 Å². The van der Waals surface area contributed by atoms with E-state index in [-0.39, 0.29) is 68.9 Å². The predicted molar refractivity (Wildman–Crippen MR) is 116 cm³/mol. The molecule has 2 aliphatic heterocycles. The number of hydrogen-bond donors (Lipinski definition) is 4. The average molecular weight is 527 g/mol. The van der Waals surface area contributed by atoms with E-state index in [2.05, 4.69) is 20.6 Å². The molecule has 0 aliphatic carbocycles. The number of primary amides is 1. The first kappa shape index (κ1) is 26.4. The largest absolute Gasteiger partial charge is 1.00 e. The van der Waals surface area contributed by atoms with E-state index in [1.807, 2.05) is 0 Å². The van der Waals surface area contributed by atoms with Crippen molar-refractivity contribution < 1.29 is 63.6 Å². The summed E-state index contributed by atoms with van der Waals surface area (Å²) in [5.74, 6) is -3.66. The van der Waals surface area contributed by atoms with Gasteiger partial charge < -0.3 is 36.4 Å². The maximum absolute atomic E-state index is 12.7. The van der Waals surface area contributed by atoms with Crippen molar-refractivity contribution in [2.45, 2.75) is 11.4 Å². The Balaban J connectivity index is 0.00000342. The Morgan fingerprint density at radius 2 is 2.09 bits per heavy atom. The number of anilines is 1. The monoisotopic (exact) mass is 527 g/mol. The topological polar surface area (TPSA) is 230 Å². The molecule has 0 radical (unpaired) electrons. The van der Waals surface area contributed by atoms with Crippen LogP contribution in [-0.4, -0.2) is 66.8 Å². The number of fused-ring (bicyclic) bond motifs is 1. The number of allylic oxidation sites excluding steroid dienone is 1. The molecule has 1 fully saturated rings. The Morgan fingerprint density at radius 3 is 2.66 bits per heavy atom. The number of nitrogen functional groups attached to an aromatic ring is 1. The standard InChI is InChI=1S/C18H15N7O7S2.Na/c19-13(26)8-3-7(32-24-8)2-1-6-4-33-16-11(15(28)25(16)12(6)17(29)30)22-14(27)10(23-31)9-5-34-18(20)21-9;/h1-3,5,11,16,31H,4H2,(H2,19,26)(H2,20,21)(H,22,27)(H,29,30);/q;+1/p-1/b2-1-,23-10-;/t11-,16-;/m1./s1. The van der Waals surface area contributed by atoms with E-state index in [4.69, 9.17) is 16.0 Å². The van der Waals surface area contributed by atoms with Gasteiger partial charge in [-0.15, -0.1) is 23.1 Å². The van der Waals surface area contributed by atoms with Gasteiger partial charge in [0.15, 0.2) is 22.3 Å². The van der Waals surface area contributed by atoms with Crippen LogP contribution in [0.25, 0.3) is 6.08 Å². The van der Waals surface area contributed by atoms with Gasteiger partial charge in [0.25, 0.3) is 17.7 Å². The first-order chi connectivity index (χ1) is 16.2. The number of thiazole rings is 1. The molecule has 35 heavy (non-hydrogen) atoms. The number of nitrogens with one attached hydrogen (secondary N) is 1. The fourth-order valence-electron chi connectivity index (χ4n) is 3.25. The SMILES string of the molecule is NC(=O)c1cc(/C=C\C2=C(C(=O)[O-])N3C(=O)[C@@H](NC(=O)/C(=N\O)c4csc(N)n4)[C@H]3SC2)on1.[Na+]. The smallest absolute Gasteiger partial charge is 0.543 e. The molecule has 1 saturated heterocycles. The zero-order valence-corrected chi connectivity index (χ0v) is 21.5. The quantitative estimate of drug-likeness (QED) is 0.0876. The Morgan fingerprint density at radius 1 is 1.34 bits per heavy atom. The van der Waals surface area contributed by atoms with Crippen molar-refractivity contribution in [3.8, 4) is 0 Å². The summed E-state index contributed by atoms with van der Waals surface area (Å²) in [6.07, 6.45) is 2.76. The van der Waals surface area contributed by atoms with Gasteiger partial charge in [-0.25, -0.2) is 4.98 Å². The molecule has 14 nitrogen and oxygen atoms in total. The normalized spacial score (nSPS) is 19.7. The number of rotatable bonds is 7. The van der Waals surface area contributed by atoms with Crippen LogP contribution in [0.3, 0.4) is 0 Å². The van der Waals surface area contributed by atoms with Crippen LogP contribution in [-0.2, 0) is 14.4 Å². The maximum atomic E-state index is 12.7.